The lowest BCUT2D eigenvalue weighted by atomic mass is 10.0. The minimum atomic E-state index is 1.04. The number of benzene rings is 2. The van der Waals surface area contributed by atoms with Gasteiger partial charge in [-0.1, -0.05) is 48.5 Å². The third kappa shape index (κ3) is 2.80. The zero-order chi connectivity index (χ0) is 15.6. The van der Waals surface area contributed by atoms with Crippen molar-refractivity contribution in [2.75, 3.05) is 38.1 Å². The summed E-state index contributed by atoms with van der Waals surface area (Å²) in [5, 5.41) is 1.22. The SMILES string of the molecule is CN1CCN(c2cc(-c3ccccc3)c3ccccc3n2)CC1. The molecule has 3 nitrogen and oxygen atoms in total. The van der Waals surface area contributed by atoms with Gasteiger partial charge in [-0.15, -0.1) is 0 Å². The molecule has 0 radical (unpaired) electrons. The van der Waals surface area contributed by atoms with E-state index in [1.165, 1.54) is 16.5 Å². The molecule has 4 rings (SSSR count). The largest absolute Gasteiger partial charge is 0.354 e. The van der Waals surface area contributed by atoms with Crippen LogP contribution in [0.15, 0.2) is 60.7 Å². The lowest BCUT2D eigenvalue weighted by Crippen LogP contribution is -2.44. The molecular formula is C20H21N3. The van der Waals surface area contributed by atoms with E-state index >= 15 is 0 Å². The van der Waals surface area contributed by atoms with Crippen LogP contribution < -0.4 is 4.90 Å². The van der Waals surface area contributed by atoms with Crippen molar-refractivity contribution in [3.63, 3.8) is 0 Å². The molecule has 0 spiro atoms. The summed E-state index contributed by atoms with van der Waals surface area (Å²) in [7, 11) is 2.18. The van der Waals surface area contributed by atoms with Gasteiger partial charge in [0, 0.05) is 31.6 Å². The molecule has 1 fully saturated rings. The lowest BCUT2D eigenvalue weighted by molar-refractivity contribution is 0.312. The molecule has 1 aliphatic rings. The molecule has 3 heteroatoms. The van der Waals surface area contributed by atoms with Crippen LogP contribution in [-0.4, -0.2) is 43.1 Å². The highest BCUT2D eigenvalue weighted by molar-refractivity contribution is 5.96. The first kappa shape index (κ1) is 14.2. The Bertz CT molecular complexity index is 805. The maximum Gasteiger partial charge on any atom is 0.129 e. The highest BCUT2D eigenvalue weighted by Gasteiger charge is 2.17. The quantitative estimate of drug-likeness (QED) is 0.720. The van der Waals surface area contributed by atoms with Crippen molar-refractivity contribution in [1.29, 1.82) is 0 Å². The number of para-hydroxylation sites is 1. The summed E-state index contributed by atoms with van der Waals surface area (Å²) in [6, 6.07) is 21.3. The van der Waals surface area contributed by atoms with E-state index in [1.807, 2.05) is 0 Å². The fourth-order valence-electron chi connectivity index (χ4n) is 3.22. The molecule has 2 heterocycles. The normalized spacial score (nSPS) is 16.0. The number of pyridine rings is 1. The van der Waals surface area contributed by atoms with Crippen molar-refractivity contribution in [2.45, 2.75) is 0 Å². The Morgan fingerprint density at radius 2 is 1.52 bits per heavy atom. The second-order valence-electron chi connectivity index (χ2n) is 6.20. The molecular weight excluding hydrogens is 282 g/mol. The van der Waals surface area contributed by atoms with Gasteiger partial charge in [0.15, 0.2) is 0 Å². The Morgan fingerprint density at radius 3 is 2.30 bits per heavy atom. The van der Waals surface area contributed by atoms with E-state index < -0.39 is 0 Å². The van der Waals surface area contributed by atoms with Gasteiger partial charge in [0.25, 0.3) is 0 Å². The maximum atomic E-state index is 4.92. The summed E-state index contributed by atoms with van der Waals surface area (Å²) in [6.45, 7) is 4.26. The number of aromatic nitrogens is 1. The van der Waals surface area contributed by atoms with Gasteiger partial charge in [0.2, 0.25) is 0 Å². The predicted molar refractivity (Wildman–Crippen MR) is 96.9 cm³/mol. The van der Waals surface area contributed by atoms with E-state index in [0.29, 0.717) is 0 Å². The summed E-state index contributed by atoms with van der Waals surface area (Å²) in [4.78, 5) is 9.69. The van der Waals surface area contributed by atoms with Crippen LogP contribution in [0.5, 0.6) is 0 Å². The van der Waals surface area contributed by atoms with Gasteiger partial charge < -0.3 is 9.80 Å². The minimum absolute atomic E-state index is 1.04. The molecule has 2 aromatic carbocycles. The second-order valence-corrected chi connectivity index (χ2v) is 6.20. The predicted octanol–water partition coefficient (Wildman–Crippen LogP) is 3.65. The first-order valence-corrected chi connectivity index (χ1v) is 8.20. The Kier molecular flexibility index (Phi) is 3.72. The number of nitrogens with zero attached hydrogens (tertiary/aromatic N) is 3. The van der Waals surface area contributed by atoms with Crippen molar-refractivity contribution >= 4 is 16.7 Å². The van der Waals surface area contributed by atoms with Crippen LogP contribution in [0.3, 0.4) is 0 Å². The number of piperazine rings is 1. The van der Waals surface area contributed by atoms with Gasteiger partial charge in [-0.05, 0) is 30.3 Å². The number of fused-ring (bicyclic) bond motifs is 1. The van der Waals surface area contributed by atoms with Crippen molar-refractivity contribution in [3.8, 4) is 11.1 Å². The van der Waals surface area contributed by atoms with Gasteiger partial charge >= 0.3 is 0 Å². The highest BCUT2D eigenvalue weighted by Crippen LogP contribution is 2.31. The molecule has 23 heavy (non-hydrogen) atoms. The van der Waals surface area contributed by atoms with E-state index in [9.17, 15) is 0 Å². The van der Waals surface area contributed by atoms with Crippen LogP contribution in [0.25, 0.3) is 22.0 Å². The molecule has 116 valence electrons. The van der Waals surface area contributed by atoms with Crippen molar-refractivity contribution in [3.05, 3.63) is 60.7 Å². The molecule has 1 aromatic heterocycles. The highest BCUT2D eigenvalue weighted by atomic mass is 15.3. The van der Waals surface area contributed by atoms with Gasteiger partial charge in [0.05, 0.1) is 5.52 Å². The summed E-state index contributed by atoms with van der Waals surface area (Å²) < 4.78 is 0. The second kappa shape index (κ2) is 6.01. The van der Waals surface area contributed by atoms with Crippen molar-refractivity contribution in [1.82, 2.24) is 9.88 Å². The topological polar surface area (TPSA) is 19.4 Å². The molecule has 1 saturated heterocycles. The van der Waals surface area contributed by atoms with E-state index in [0.717, 1.165) is 37.5 Å². The molecule has 0 aliphatic carbocycles. The summed E-state index contributed by atoms with van der Waals surface area (Å²) in [5.41, 5.74) is 3.59. The average molecular weight is 303 g/mol. The van der Waals surface area contributed by atoms with Gasteiger partial charge in [-0.2, -0.15) is 0 Å². The molecule has 0 unspecified atom stereocenters. The Hall–Kier alpha value is -2.39. The molecule has 3 aromatic rings. The number of likely N-dealkylation sites (N-methyl/N-ethyl adjacent to an activating group) is 1. The van der Waals surface area contributed by atoms with Crippen LogP contribution in [0.4, 0.5) is 5.82 Å². The fourth-order valence-corrected chi connectivity index (χ4v) is 3.22. The van der Waals surface area contributed by atoms with Crippen LogP contribution in [0.2, 0.25) is 0 Å². The lowest BCUT2D eigenvalue weighted by Gasteiger charge is -2.33. The number of hydrogen-bond acceptors (Lipinski definition) is 3. The number of anilines is 1. The standard InChI is InChI=1S/C20H21N3/c1-22-11-13-23(14-12-22)20-15-18(16-7-3-2-4-8-16)17-9-5-6-10-19(17)21-20/h2-10,15H,11-14H2,1H3. The number of hydrogen-bond donors (Lipinski definition) is 0. The third-order valence-electron chi connectivity index (χ3n) is 4.61. The molecule has 0 saturated carbocycles. The summed E-state index contributed by atoms with van der Waals surface area (Å²) in [5.74, 6) is 1.09. The molecule has 0 amide bonds. The molecule has 0 bridgehead atoms. The Morgan fingerprint density at radius 1 is 0.826 bits per heavy atom. The third-order valence-corrected chi connectivity index (χ3v) is 4.61. The van der Waals surface area contributed by atoms with Gasteiger partial charge in [-0.25, -0.2) is 4.98 Å². The minimum Gasteiger partial charge on any atom is -0.354 e. The van der Waals surface area contributed by atoms with Crippen LogP contribution in [0, 0.1) is 0 Å². The monoisotopic (exact) mass is 303 g/mol. The smallest absolute Gasteiger partial charge is 0.129 e. The van der Waals surface area contributed by atoms with Gasteiger partial charge in [-0.3, -0.25) is 0 Å². The first-order chi connectivity index (χ1) is 11.3. The van der Waals surface area contributed by atoms with Crippen LogP contribution in [0.1, 0.15) is 0 Å². The van der Waals surface area contributed by atoms with E-state index in [2.05, 4.69) is 77.5 Å². The van der Waals surface area contributed by atoms with Crippen LogP contribution >= 0.6 is 0 Å². The van der Waals surface area contributed by atoms with E-state index in [1.54, 1.807) is 0 Å². The molecule has 0 atom stereocenters. The summed E-state index contributed by atoms with van der Waals surface area (Å²) >= 11 is 0. The fraction of sp³-hybridized carbons (Fsp3) is 0.250. The van der Waals surface area contributed by atoms with Crippen molar-refractivity contribution < 1.29 is 0 Å². The van der Waals surface area contributed by atoms with E-state index in [-0.39, 0.29) is 0 Å². The first-order valence-electron chi connectivity index (χ1n) is 8.20. The molecule has 0 N–H and O–H groups in total. The zero-order valence-electron chi connectivity index (χ0n) is 13.4. The Labute approximate surface area is 137 Å². The van der Waals surface area contributed by atoms with Crippen LogP contribution in [-0.2, 0) is 0 Å². The summed E-state index contributed by atoms with van der Waals surface area (Å²) in [6.07, 6.45) is 0. The zero-order valence-corrected chi connectivity index (χ0v) is 13.4. The Balaban J connectivity index is 1.84. The maximum absolute atomic E-state index is 4.92. The number of rotatable bonds is 2. The molecule has 1 aliphatic heterocycles. The van der Waals surface area contributed by atoms with E-state index in [4.69, 9.17) is 4.98 Å². The van der Waals surface area contributed by atoms with Gasteiger partial charge in [0.1, 0.15) is 5.82 Å². The average Bonchev–Trinajstić information content (AvgIpc) is 2.62. The van der Waals surface area contributed by atoms with Crippen molar-refractivity contribution in [2.24, 2.45) is 0 Å².